The number of benzene rings is 7. The number of carbonyl (C=O) groups is 4. The van der Waals surface area contributed by atoms with Gasteiger partial charge in [-0.25, -0.2) is 0 Å². The Morgan fingerprint density at radius 1 is 0.393 bits per heavy atom. The van der Waals surface area contributed by atoms with Gasteiger partial charge in [-0.05, 0) is 59.7 Å². The summed E-state index contributed by atoms with van der Waals surface area (Å²) in [5.74, 6) is -3.10. The summed E-state index contributed by atoms with van der Waals surface area (Å²) in [6.07, 6.45) is -9.17. The predicted molar refractivity (Wildman–Crippen MR) is 199 cm³/mol. The second-order valence-corrected chi connectivity index (χ2v) is 15.0. The molecule has 4 amide bonds. The van der Waals surface area contributed by atoms with Crippen molar-refractivity contribution >= 4 is 113 Å². The first-order chi connectivity index (χ1) is 26.4. The Kier molecular flexibility index (Phi) is 7.94. The fourth-order valence-electron chi connectivity index (χ4n) is 7.81. The van der Waals surface area contributed by atoms with Crippen LogP contribution < -0.4 is 0 Å². The lowest BCUT2D eigenvalue weighted by Crippen LogP contribution is -2.40. The third-order valence-electron chi connectivity index (χ3n) is 10.3. The Morgan fingerprint density at radius 3 is 0.875 bits per heavy atom. The van der Waals surface area contributed by atoms with Crippen LogP contribution in [0.15, 0.2) is 72.8 Å². The van der Waals surface area contributed by atoms with Crippen molar-refractivity contribution in [3.8, 4) is 0 Å². The van der Waals surface area contributed by atoms with Gasteiger partial charge in [0.2, 0.25) is 0 Å². The number of nitrogens with zero attached hydrogens (tertiary/aromatic N) is 2. The van der Waals surface area contributed by atoms with Crippen molar-refractivity contribution in [2.24, 2.45) is 0 Å². The quantitative estimate of drug-likeness (QED) is 0.0765. The normalized spacial score (nSPS) is 14.8. The van der Waals surface area contributed by atoms with E-state index < -0.39 is 47.1 Å². The third-order valence-corrected chi connectivity index (χ3v) is 11.5. The first-order valence-corrected chi connectivity index (χ1v) is 17.9. The van der Waals surface area contributed by atoms with Crippen LogP contribution in [0.3, 0.4) is 0 Å². The first kappa shape index (κ1) is 36.5. The van der Waals surface area contributed by atoms with Gasteiger partial charge >= 0.3 is 12.4 Å². The zero-order chi connectivity index (χ0) is 39.9. The summed E-state index contributed by atoms with van der Waals surface area (Å²) in [7, 11) is 0. The number of hydrogen-bond donors (Lipinski definition) is 0. The summed E-state index contributed by atoms with van der Waals surface area (Å²) in [5, 5.41) is 1.76. The van der Waals surface area contributed by atoms with Crippen molar-refractivity contribution in [3.63, 3.8) is 0 Å². The molecule has 16 heteroatoms. The zero-order valence-electron chi connectivity index (χ0n) is 27.6. The van der Waals surface area contributed by atoms with Gasteiger partial charge in [0.15, 0.2) is 0 Å². The largest absolute Gasteiger partial charge is 0.416 e. The average molecular weight is 844 g/mol. The number of imide groups is 2. The molecule has 7 aromatic rings. The highest BCUT2D eigenvalue weighted by molar-refractivity contribution is 6.56. The minimum atomic E-state index is -4.59. The SMILES string of the molecule is O=C1c2cc(Cl)c3c4c(Cl)cc5c6c(cc(Cl)c(c7c(Cl)cc(c2c37)C(=O)N1Cc1ccc(C(F)(F)F)cc1)c64)C(=O)N(Cc1ccc(C(F)(F)F)cc1)C5=O. The maximum Gasteiger partial charge on any atom is 0.416 e. The van der Waals surface area contributed by atoms with Crippen molar-refractivity contribution in [1.82, 2.24) is 9.80 Å². The van der Waals surface area contributed by atoms with Crippen molar-refractivity contribution in [2.75, 3.05) is 0 Å². The standard InChI is InChI=1S/C40H16Cl4F6N2O4/c41-23-9-19-27-20(36(54)51(35(19)53)13-15-1-5-17(6-2-15)39(45,46)47)10-24(42)30-32-26(44)12-22-28-21(11-25(43)31(34(28)32)29(23)33(27)30)37(55)52(38(22)56)14-16-3-7-18(8-4-16)40(48,49)50/h1-12H,13-14H2. The fourth-order valence-corrected chi connectivity index (χ4v) is 9.00. The van der Waals surface area contributed by atoms with Crippen LogP contribution in [-0.4, -0.2) is 33.4 Å². The highest BCUT2D eigenvalue weighted by Gasteiger charge is 2.40. The Labute approximate surface area is 330 Å². The highest BCUT2D eigenvalue weighted by atomic mass is 35.5. The molecule has 0 unspecified atom stereocenters. The van der Waals surface area contributed by atoms with Gasteiger partial charge in [-0.3, -0.25) is 29.0 Å². The highest BCUT2D eigenvalue weighted by Crippen LogP contribution is 2.54. The molecule has 2 heterocycles. The van der Waals surface area contributed by atoms with E-state index in [2.05, 4.69) is 0 Å². The second kappa shape index (κ2) is 12.2. The van der Waals surface area contributed by atoms with Crippen molar-refractivity contribution in [2.45, 2.75) is 25.4 Å². The van der Waals surface area contributed by atoms with Crippen LogP contribution in [0, 0.1) is 0 Å². The summed E-state index contributed by atoms with van der Waals surface area (Å²) in [6, 6.07) is 13.4. The average Bonchev–Trinajstić information content (AvgIpc) is 3.14. The molecule has 2 aliphatic heterocycles. The number of rotatable bonds is 4. The molecule has 0 atom stereocenters. The molecule has 0 radical (unpaired) electrons. The van der Waals surface area contributed by atoms with Gasteiger partial charge in [-0.1, -0.05) is 70.7 Å². The molecular weight excluding hydrogens is 828 g/mol. The van der Waals surface area contributed by atoms with Crippen LogP contribution in [0.5, 0.6) is 0 Å². The van der Waals surface area contributed by atoms with Crippen LogP contribution in [0.25, 0.3) is 43.1 Å². The summed E-state index contributed by atoms with van der Waals surface area (Å²) in [6.45, 7) is -0.725. The van der Waals surface area contributed by atoms with Crippen LogP contribution in [0.2, 0.25) is 20.1 Å². The lowest BCUT2D eigenvalue weighted by Gasteiger charge is -2.31. The van der Waals surface area contributed by atoms with Gasteiger partial charge in [-0.15, -0.1) is 0 Å². The second-order valence-electron chi connectivity index (χ2n) is 13.4. The van der Waals surface area contributed by atoms with Gasteiger partial charge in [0, 0.05) is 63.2 Å². The van der Waals surface area contributed by atoms with E-state index in [4.69, 9.17) is 46.4 Å². The Hall–Kier alpha value is -5.14. The topological polar surface area (TPSA) is 74.8 Å². The molecule has 0 N–H and O–H groups in total. The van der Waals surface area contributed by atoms with Gasteiger partial charge in [-0.2, -0.15) is 26.3 Å². The number of carbonyl (C=O) groups excluding carboxylic acids is 4. The molecule has 0 saturated heterocycles. The molecule has 0 spiro atoms. The minimum Gasteiger partial charge on any atom is -0.270 e. The zero-order valence-corrected chi connectivity index (χ0v) is 30.7. The van der Waals surface area contributed by atoms with Crippen LogP contribution in [0.4, 0.5) is 26.3 Å². The lowest BCUT2D eigenvalue weighted by atomic mass is 9.82. The number of amides is 4. The molecule has 0 saturated carbocycles. The summed E-state index contributed by atoms with van der Waals surface area (Å²) >= 11 is 27.9. The van der Waals surface area contributed by atoms with Gasteiger partial charge in [0.05, 0.1) is 46.5 Å². The molecule has 0 aliphatic carbocycles. The van der Waals surface area contributed by atoms with Crippen LogP contribution in [-0.2, 0) is 25.4 Å². The summed E-state index contributed by atoms with van der Waals surface area (Å²) in [5.41, 5.74) is -1.30. The van der Waals surface area contributed by atoms with E-state index in [1.54, 1.807) is 0 Å². The third kappa shape index (κ3) is 5.19. The molecule has 6 nitrogen and oxygen atoms in total. The smallest absolute Gasteiger partial charge is 0.270 e. The van der Waals surface area contributed by atoms with E-state index in [0.29, 0.717) is 0 Å². The first-order valence-electron chi connectivity index (χ1n) is 16.4. The molecule has 56 heavy (non-hydrogen) atoms. The molecule has 0 fully saturated rings. The predicted octanol–water partition coefficient (Wildman–Crippen LogP) is 12.0. The van der Waals surface area contributed by atoms with E-state index in [-0.39, 0.29) is 110 Å². The van der Waals surface area contributed by atoms with E-state index in [0.717, 1.165) is 34.1 Å². The molecule has 7 aromatic carbocycles. The number of hydrogen-bond acceptors (Lipinski definition) is 4. The van der Waals surface area contributed by atoms with E-state index in [9.17, 15) is 45.5 Å². The molecule has 0 bridgehead atoms. The maximum absolute atomic E-state index is 14.1. The summed E-state index contributed by atoms with van der Waals surface area (Å²) in [4.78, 5) is 58.0. The number of alkyl halides is 6. The van der Waals surface area contributed by atoms with Gasteiger partial charge in [0.25, 0.3) is 23.6 Å². The Bertz CT molecular complexity index is 2630. The van der Waals surface area contributed by atoms with Crippen LogP contribution >= 0.6 is 46.4 Å². The summed E-state index contributed by atoms with van der Waals surface area (Å²) < 4.78 is 79.1. The van der Waals surface area contributed by atoms with Crippen molar-refractivity contribution < 1.29 is 45.5 Å². The van der Waals surface area contributed by atoms with Crippen molar-refractivity contribution in [3.05, 3.63) is 137 Å². The minimum absolute atomic E-state index is 0.00117. The Morgan fingerprint density at radius 2 is 0.643 bits per heavy atom. The number of fused-ring (bicyclic) bond motifs is 2. The van der Waals surface area contributed by atoms with E-state index in [1.807, 2.05) is 0 Å². The molecule has 9 rings (SSSR count). The number of halogens is 10. The lowest BCUT2D eigenvalue weighted by molar-refractivity contribution is -0.138. The molecular formula is C40H16Cl4F6N2O4. The van der Waals surface area contributed by atoms with E-state index in [1.165, 1.54) is 48.5 Å². The fraction of sp³-hybridized carbons (Fsp3) is 0.100. The van der Waals surface area contributed by atoms with Gasteiger partial charge in [0.1, 0.15) is 0 Å². The van der Waals surface area contributed by atoms with Crippen molar-refractivity contribution in [1.29, 1.82) is 0 Å². The van der Waals surface area contributed by atoms with Gasteiger partial charge < -0.3 is 0 Å². The van der Waals surface area contributed by atoms with E-state index >= 15 is 0 Å². The molecule has 280 valence electrons. The monoisotopic (exact) mass is 842 g/mol. The molecule has 2 aliphatic rings. The molecule has 0 aromatic heterocycles. The Balaban J connectivity index is 1.23. The van der Waals surface area contributed by atoms with Crippen LogP contribution in [0.1, 0.15) is 63.7 Å². The maximum atomic E-state index is 14.1.